The van der Waals surface area contributed by atoms with Crippen LogP contribution in [-0.2, 0) is 9.13 Å². The monoisotopic (exact) mass is 181 g/mol. The van der Waals surface area contributed by atoms with Crippen molar-refractivity contribution >= 4 is 15.8 Å². The van der Waals surface area contributed by atoms with Crippen LogP contribution >= 0.6 is 15.8 Å². The minimum atomic E-state index is -1.65. The third-order valence-corrected chi connectivity index (χ3v) is 3.12. The van der Waals surface area contributed by atoms with Crippen LogP contribution in [0.15, 0.2) is 12.2 Å². The van der Waals surface area contributed by atoms with E-state index in [2.05, 4.69) is 0 Å². The van der Waals surface area contributed by atoms with E-state index >= 15 is 0 Å². The molecular weight excluding hydrogens is 170 g/mol. The van der Waals surface area contributed by atoms with Crippen molar-refractivity contribution in [2.45, 2.75) is 0 Å². The molecule has 0 radical (unpaired) electrons. The van der Waals surface area contributed by atoms with Crippen molar-refractivity contribution in [1.29, 1.82) is 0 Å². The Hall–Kier alpha value is 0.0300. The first kappa shape index (κ1) is 10.0. The van der Waals surface area contributed by atoms with E-state index in [1.54, 1.807) is 0 Å². The van der Waals surface area contributed by atoms with Crippen LogP contribution in [0.4, 0.5) is 0 Å². The summed E-state index contributed by atoms with van der Waals surface area (Å²) in [6, 6.07) is 0. The smallest absolute Gasteiger partial charge is 0.323 e. The minimum Gasteiger partial charge on any atom is -0.323 e. The number of rotatable bonds is 0. The van der Waals surface area contributed by atoms with Gasteiger partial charge in [-0.05, 0) is 11.2 Å². The van der Waals surface area contributed by atoms with Gasteiger partial charge in [-0.15, -0.1) is 0 Å². The summed E-state index contributed by atoms with van der Waals surface area (Å²) < 4.78 is 19.5. The predicted octanol–water partition coefficient (Wildman–Crippen LogP) is 1.47. The molecule has 1 heterocycles. The second kappa shape index (κ2) is 4.79. The molecule has 3 nitrogen and oxygen atoms in total. The normalized spacial score (nSPS) is 20.2. The van der Waals surface area contributed by atoms with E-state index in [1.807, 2.05) is 18.8 Å². The second-order valence-electron chi connectivity index (χ2n) is 2.22. The van der Waals surface area contributed by atoms with Crippen LogP contribution in [0.3, 0.4) is 0 Å². The summed E-state index contributed by atoms with van der Waals surface area (Å²) in [5.41, 5.74) is 0. The summed E-state index contributed by atoms with van der Waals surface area (Å²) in [7, 11) is -2.82. The number of hydrogen-bond acceptors (Lipinski definition) is 2. The fraction of sp³-hybridized carbons (Fsp3) is 0.600. The lowest BCUT2D eigenvalue weighted by Gasteiger charge is -1.97. The highest BCUT2D eigenvalue weighted by atomic mass is 31.2. The standard InChI is InChI=1S/C5H9OP.HO2P/c1-7(6)4-2-3-5-7;1-3-2/h2-3H,4-5H2,1H3;3H/p+1. The summed E-state index contributed by atoms with van der Waals surface area (Å²) in [4.78, 5) is 7.04. The molecule has 0 spiro atoms. The van der Waals surface area contributed by atoms with Gasteiger partial charge in [-0.25, -0.2) is 0 Å². The fourth-order valence-corrected chi connectivity index (χ4v) is 2.01. The third-order valence-electron chi connectivity index (χ3n) is 1.15. The molecule has 0 bridgehead atoms. The Morgan fingerprint density at radius 2 is 1.80 bits per heavy atom. The predicted molar refractivity (Wildman–Crippen MR) is 43.6 cm³/mol. The van der Waals surface area contributed by atoms with Crippen LogP contribution < -0.4 is 0 Å². The van der Waals surface area contributed by atoms with Crippen LogP contribution in [0.2, 0.25) is 0 Å². The summed E-state index contributed by atoms with van der Waals surface area (Å²) in [5.74, 6) is 0. The molecule has 58 valence electrons. The Balaban J connectivity index is 0.000000236. The van der Waals surface area contributed by atoms with Crippen molar-refractivity contribution < 1.29 is 14.0 Å². The molecule has 10 heavy (non-hydrogen) atoms. The van der Waals surface area contributed by atoms with Gasteiger partial charge in [0.05, 0.1) is 7.14 Å². The lowest BCUT2D eigenvalue weighted by Crippen LogP contribution is -1.77. The molecule has 0 amide bonds. The summed E-state index contributed by atoms with van der Waals surface area (Å²) in [5, 5.41) is 0. The van der Waals surface area contributed by atoms with Crippen LogP contribution in [0.1, 0.15) is 0 Å². The van der Waals surface area contributed by atoms with Crippen LogP contribution in [-0.4, -0.2) is 23.9 Å². The first-order chi connectivity index (χ1) is 4.62. The molecule has 1 rings (SSSR count). The quantitative estimate of drug-likeness (QED) is 0.454. The van der Waals surface area contributed by atoms with E-state index in [4.69, 9.17) is 9.46 Å². The van der Waals surface area contributed by atoms with E-state index in [1.165, 1.54) is 0 Å². The highest BCUT2D eigenvalue weighted by Gasteiger charge is 2.14. The second-order valence-corrected chi connectivity index (χ2v) is 5.73. The highest BCUT2D eigenvalue weighted by molar-refractivity contribution is 7.63. The average Bonchev–Trinajstić information content (AvgIpc) is 2.16. The van der Waals surface area contributed by atoms with Gasteiger partial charge in [0.1, 0.15) is 0 Å². The number of hydrogen-bond donors (Lipinski definition) is 1. The van der Waals surface area contributed by atoms with Gasteiger partial charge in [-0.1, -0.05) is 12.2 Å². The molecule has 0 aliphatic carbocycles. The highest BCUT2D eigenvalue weighted by Crippen LogP contribution is 2.44. The third kappa shape index (κ3) is 4.87. The molecule has 0 saturated heterocycles. The van der Waals surface area contributed by atoms with Gasteiger partial charge in [-0.2, -0.15) is 4.89 Å². The molecule has 0 aromatic heterocycles. The molecular formula is C5H11O3P2+. The van der Waals surface area contributed by atoms with Crippen molar-refractivity contribution in [2.75, 3.05) is 19.0 Å². The fourth-order valence-electron chi connectivity index (χ4n) is 0.670. The van der Waals surface area contributed by atoms with Gasteiger partial charge in [0.2, 0.25) is 0 Å². The molecule has 1 unspecified atom stereocenters. The largest absolute Gasteiger partial charge is 0.491 e. The van der Waals surface area contributed by atoms with Crippen molar-refractivity contribution in [3.8, 4) is 0 Å². The molecule has 1 aliphatic rings. The van der Waals surface area contributed by atoms with E-state index in [0.717, 1.165) is 12.3 Å². The van der Waals surface area contributed by atoms with Gasteiger partial charge >= 0.3 is 8.69 Å². The van der Waals surface area contributed by atoms with E-state index in [0.29, 0.717) is 0 Å². The Morgan fingerprint density at radius 1 is 1.50 bits per heavy atom. The minimum absolute atomic E-state index is 0.826. The molecule has 5 heteroatoms. The average molecular weight is 181 g/mol. The van der Waals surface area contributed by atoms with Crippen molar-refractivity contribution in [2.24, 2.45) is 0 Å². The Bertz CT molecular complexity index is 164. The molecule has 0 saturated carbocycles. The zero-order valence-electron chi connectivity index (χ0n) is 5.78. The van der Waals surface area contributed by atoms with Crippen molar-refractivity contribution in [1.82, 2.24) is 0 Å². The van der Waals surface area contributed by atoms with E-state index in [9.17, 15) is 4.57 Å². The Labute approximate surface area is 61.8 Å². The van der Waals surface area contributed by atoms with Crippen molar-refractivity contribution in [3.05, 3.63) is 12.2 Å². The molecule has 1 aliphatic heterocycles. The van der Waals surface area contributed by atoms with Crippen LogP contribution in [0.25, 0.3) is 0 Å². The maximum Gasteiger partial charge on any atom is 0.491 e. The maximum atomic E-state index is 11.0. The Kier molecular flexibility index (Phi) is 4.80. The van der Waals surface area contributed by atoms with Crippen molar-refractivity contribution in [3.63, 3.8) is 0 Å². The summed E-state index contributed by atoms with van der Waals surface area (Å²) in [6.45, 7) is 1.85. The lowest BCUT2D eigenvalue weighted by atomic mass is 10.6. The number of allylic oxidation sites excluding steroid dienone is 2. The maximum absolute atomic E-state index is 11.0. The zero-order chi connectivity index (χ0) is 8.04. The topological polar surface area (TPSA) is 54.4 Å². The van der Waals surface area contributed by atoms with Crippen LogP contribution in [0, 0.1) is 0 Å². The molecule has 0 aromatic carbocycles. The first-order valence-electron chi connectivity index (χ1n) is 2.84. The van der Waals surface area contributed by atoms with Gasteiger partial charge in [0.15, 0.2) is 0 Å². The van der Waals surface area contributed by atoms with Crippen LogP contribution in [0.5, 0.6) is 0 Å². The van der Waals surface area contributed by atoms with Gasteiger partial charge in [-0.3, -0.25) is 0 Å². The van der Waals surface area contributed by atoms with E-state index in [-0.39, 0.29) is 0 Å². The molecule has 0 fully saturated rings. The summed E-state index contributed by atoms with van der Waals surface area (Å²) in [6.07, 6.45) is 5.65. The first-order valence-corrected chi connectivity index (χ1v) is 6.22. The Morgan fingerprint density at radius 3 is 1.90 bits per heavy atom. The van der Waals surface area contributed by atoms with E-state index < -0.39 is 15.8 Å². The SMILES string of the molecule is CP1(=O)CC=CC1.O=[PH+]O. The van der Waals surface area contributed by atoms with Gasteiger partial charge in [0, 0.05) is 12.3 Å². The molecule has 0 aromatic rings. The summed E-state index contributed by atoms with van der Waals surface area (Å²) >= 11 is 0. The molecule has 1 N–H and O–H groups in total. The zero-order valence-corrected chi connectivity index (χ0v) is 7.67. The van der Waals surface area contributed by atoms with Gasteiger partial charge in [0.25, 0.3) is 0 Å². The van der Waals surface area contributed by atoms with Gasteiger partial charge < -0.3 is 4.57 Å². The molecule has 1 atom stereocenters. The lowest BCUT2D eigenvalue weighted by molar-refractivity contribution is 0.524.